The van der Waals surface area contributed by atoms with Crippen LogP contribution in [0.4, 0.5) is 5.69 Å². The third-order valence-electron chi connectivity index (χ3n) is 4.67. The Morgan fingerprint density at radius 1 is 1.27 bits per heavy atom. The molecule has 0 saturated carbocycles. The molecule has 1 heterocycles. The molecule has 0 spiro atoms. The second-order valence-electron chi connectivity index (χ2n) is 6.97. The SMILES string of the molecule is CCOC(=O)C1CCN(CC(=O)NC(C(C)=O)C(C)C)c2ccccc21. The Hall–Kier alpha value is -2.37. The van der Waals surface area contributed by atoms with Gasteiger partial charge in [0, 0.05) is 12.2 Å². The maximum atomic E-state index is 12.5. The lowest BCUT2D eigenvalue weighted by Crippen LogP contribution is -2.48. The van der Waals surface area contributed by atoms with Gasteiger partial charge in [-0.15, -0.1) is 0 Å². The van der Waals surface area contributed by atoms with E-state index in [2.05, 4.69) is 5.32 Å². The minimum absolute atomic E-state index is 0.0401. The molecule has 2 unspecified atom stereocenters. The van der Waals surface area contributed by atoms with Gasteiger partial charge in [-0.1, -0.05) is 32.0 Å². The molecule has 6 heteroatoms. The molecular formula is C20H28N2O4. The topological polar surface area (TPSA) is 75.7 Å². The highest BCUT2D eigenvalue weighted by molar-refractivity contribution is 5.90. The number of benzene rings is 1. The molecule has 1 N–H and O–H groups in total. The lowest BCUT2D eigenvalue weighted by molar-refractivity contribution is -0.145. The molecule has 0 bridgehead atoms. The van der Waals surface area contributed by atoms with E-state index in [1.807, 2.05) is 43.0 Å². The molecule has 0 radical (unpaired) electrons. The van der Waals surface area contributed by atoms with Crippen LogP contribution in [0, 0.1) is 5.92 Å². The summed E-state index contributed by atoms with van der Waals surface area (Å²) in [7, 11) is 0. The van der Waals surface area contributed by atoms with Crippen LogP contribution in [0.5, 0.6) is 0 Å². The van der Waals surface area contributed by atoms with E-state index in [4.69, 9.17) is 4.74 Å². The number of fused-ring (bicyclic) bond motifs is 1. The van der Waals surface area contributed by atoms with Crippen molar-refractivity contribution < 1.29 is 19.1 Å². The van der Waals surface area contributed by atoms with Crippen molar-refractivity contribution in [2.45, 2.75) is 46.1 Å². The first kappa shape index (κ1) is 19.9. The molecule has 26 heavy (non-hydrogen) atoms. The fraction of sp³-hybridized carbons (Fsp3) is 0.550. The molecule has 1 aromatic rings. The summed E-state index contributed by atoms with van der Waals surface area (Å²) in [6, 6.07) is 7.13. The zero-order valence-corrected chi connectivity index (χ0v) is 16.0. The van der Waals surface area contributed by atoms with Gasteiger partial charge in [0.2, 0.25) is 5.91 Å². The number of nitrogens with one attached hydrogen (secondary N) is 1. The van der Waals surface area contributed by atoms with Crippen LogP contribution in [0.1, 0.15) is 45.6 Å². The van der Waals surface area contributed by atoms with Gasteiger partial charge in [-0.05, 0) is 37.8 Å². The summed E-state index contributed by atoms with van der Waals surface area (Å²) in [6.45, 7) is 8.20. The molecular weight excluding hydrogens is 332 g/mol. The van der Waals surface area contributed by atoms with E-state index in [-0.39, 0.29) is 36.0 Å². The van der Waals surface area contributed by atoms with Gasteiger partial charge in [-0.3, -0.25) is 14.4 Å². The molecule has 142 valence electrons. The largest absolute Gasteiger partial charge is 0.466 e. The molecule has 2 rings (SSSR count). The Morgan fingerprint density at radius 2 is 1.96 bits per heavy atom. The van der Waals surface area contributed by atoms with Crippen molar-refractivity contribution in [2.24, 2.45) is 5.92 Å². The van der Waals surface area contributed by atoms with Gasteiger partial charge < -0.3 is 15.0 Å². The monoisotopic (exact) mass is 360 g/mol. The maximum absolute atomic E-state index is 12.5. The van der Waals surface area contributed by atoms with Gasteiger partial charge in [0.1, 0.15) is 0 Å². The number of ether oxygens (including phenoxy) is 1. The first-order valence-corrected chi connectivity index (χ1v) is 9.15. The second-order valence-corrected chi connectivity index (χ2v) is 6.97. The zero-order valence-electron chi connectivity index (χ0n) is 16.0. The zero-order chi connectivity index (χ0) is 19.3. The number of carbonyl (C=O) groups is 3. The number of hydrogen-bond acceptors (Lipinski definition) is 5. The van der Waals surface area contributed by atoms with E-state index in [1.165, 1.54) is 6.92 Å². The molecule has 0 fully saturated rings. The molecule has 1 amide bonds. The summed E-state index contributed by atoms with van der Waals surface area (Å²) in [5, 5.41) is 2.83. The number of amides is 1. The number of carbonyl (C=O) groups excluding carboxylic acids is 3. The van der Waals surface area contributed by atoms with Crippen LogP contribution in [0.2, 0.25) is 0 Å². The van der Waals surface area contributed by atoms with Gasteiger partial charge in [0.05, 0.1) is 25.1 Å². The van der Waals surface area contributed by atoms with Crippen LogP contribution in [0.3, 0.4) is 0 Å². The summed E-state index contributed by atoms with van der Waals surface area (Å²) in [5.74, 6) is -0.719. The maximum Gasteiger partial charge on any atom is 0.313 e. The summed E-state index contributed by atoms with van der Waals surface area (Å²) in [5.41, 5.74) is 1.76. The van der Waals surface area contributed by atoms with Gasteiger partial charge in [-0.2, -0.15) is 0 Å². The van der Waals surface area contributed by atoms with Crippen molar-refractivity contribution in [3.63, 3.8) is 0 Å². The molecule has 0 aromatic heterocycles. The van der Waals surface area contributed by atoms with Crippen molar-refractivity contribution in [1.29, 1.82) is 0 Å². The Bertz CT molecular complexity index is 672. The average Bonchev–Trinajstić information content (AvgIpc) is 2.59. The minimum atomic E-state index is -0.477. The van der Waals surface area contributed by atoms with Crippen LogP contribution in [-0.2, 0) is 19.1 Å². The number of Topliss-reactive ketones (excluding diaryl/α,β-unsaturated/α-hetero) is 1. The average molecular weight is 360 g/mol. The number of hydrogen-bond donors (Lipinski definition) is 1. The fourth-order valence-corrected chi connectivity index (χ4v) is 3.41. The minimum Gasteiger partial charge on any atom is -0.466 e. The van der Waals surface area contributed by atoms with E-state index in [1.54, 1.807) is 6.92 Å². The van der Waals surface area contributed by atoms with Gasteiger partial charge in [0.25, 0.3) is 0 Å². The van der Waals surface area contributed by atoms with Crippen molar-refractivity contribution in [2.75, 3.05) is 24.6 Å². The molecule has 1 aromatic carbocycles. The van der Waals surface area contributed by atoms with Gasteiger partial charge in [-0.25, -0.2) is 0 Å². The van der Waals surface area contributed by atoms with Crippen molar-refractivity contribution in [1.82, 2.24) is 5.32 Å². The van der Waals surface area contributed by atoms with Crippen LogP contribution in [-0.4, -0.2) is 43.4 Å². The number of rotatable bonds is 7. The van der Waals surface area contributed by atoms with Crippen LogP contribution < -0.4 is 10.2 Å². The van der Waals surface area contributed by atoms with E-state index < -0.39 is 6.04 Å². The smallest absolute Gasteiger partial charge is 0.313 e. The lowest BCUT2D eigenvalue weighted by Gasteiger charge is -2.34. The van der Waals surface area contributed by atoms with E-state index in [9.17, 15) is 14.4 Å². The number of ketones is 1. The Labute approximate surface area is 154 Å². The third-order valence-corrected chi connectivity index (χ3v) is 4.67. The Balaban J connectivity index is 2.13. The molecule has 0 aliphatic carbocycles. The number of nitrogens with zero attached hydrogens (tertiary/aromatic N) is 1. The molecule has 6 nitrogen and oxygen atoms in total. The molecule has 0 saturated heterocycles. The molecule has 2 atom stereocenters. The molecule has 1 aliphatic heterocycles. The van der Waals surface area contributed by atoms with Crippen molar-refractivity contribution in [3.8, 4) is 0 Å². The van der Waals surface area contributed by atoms with Crippen molar-refractivity contribution in [3.05, 3.63) is 29.8 Å². The lowest BCUT2D eigenvalue weighted by atomic mass is 9.90. The van der Waals surface area contributed by atoms with Gasteiger partial charge >= 0.3 is 5.97 Å². The first-order chi connectivity index (χ1) is 12.3. The van der Waals surface area contributed by atoms with Crippen LogP contribution in [0.25, 0.3) is 0 Å². The normalized spacial score (nSPS) is 17.4. The van der Waals surface area contributed by atoms with Gasteiger partial charge in [0.15, 0.2) is 5.78 Å². The Kier molecular flexibility index (Phi) is 6.77. The standard InChI is InChI=1S/C20H28N2O4/c1-5-26-20(25)16-10-11-22(17-9-7-6-8-15(16)17)12-18(24)21-19(13(2)3)14(4)23/h6-9,13,16,19H,5,10-12H2,1-4H3,(H,21,24). The van der Waals surface area contributed by atoms with E-state index >= 15 is 0 Å². The van der Waals surface area contributed by atoms with Crippen molar-refractivity contribution >= 4 is 23.3 Å². The fourth-order valence-electron chi connectivity index (χ4n) is 3.41. The Morgan fingerprint density at radius 3 is 2.58 bits per heavy atom. The second kappa shape index (κ2) is 8.83. The molecule has 1 aliphatic rings. The summed E-state index contributed by atoms with van der Waals surface area (Å²) in [6.07, 6.45) is 0.601. The predicted molar refractivity (Wildman–Crippen MR) is 100 cm³/mol. The summed E-state index contributed by atoms with van der Waals surface area (Å²) in [4.78, 5) is 38.4. The third kappa shape index (κ3) is 4.62. The predicted octanol–water partition coefficient (Wildman–Crippen LogP) is 2.27. The highest BCUT2D eigenvalue weighted by Crippen LogP contribution is 2.35. The number of anilines is 1. The van der Waals surface area contributed by atoms with E-state index in [0.717, 1.165) is 11.3 Å². The summed E-state index contributed by atoms with van der Waals surface area (Å²) >= 11 is 0. The highest BCUT2D eigenvalue weighted by atomic mass is 16.5. The number of esters is 1. The highest BCUT2D eigenvalue weighted by Gasteiger charge is 2.32. The van der Waals surface area contributed by atoms with E-state index in [0.29, 0.717) is 19.6 Å². The quantitative estimate of drug-likeness (QED) is 0.755. The first-order valence-electron chi connectivity index (χ1n) is 9.15. The summed E-state index contributed by atoms with van der Waals surface area (Å²) < 4.78 is 5.19. The van der Waals surface area contributed by atoms with Crippen LogP contribution >= 0.6 is 0 Å². The van der Waals surface area contributed by atoms with Crippen LogP contribution in [0.15, 0.2) is 24.3 Å². The number of para-hydroxylation sites is 1.